The molecule has 3 aromatic rings. The second-order valence-electron chi connectivity index (χ2n) is 7.79. The molecule has 9 nitrogen and oxygen atoms in total. The molecule has 2 aliphatic heterocycles. The third-order valence-electron chi connectivity index (χ3n) is 5.68. The van der Waals surface area contributed by atoms with Crippen molar-refractivity contribution < 1.29 is 9.13 Å². The molecule has 1 aromatic carbocycles. The molecule has 31 heavy (non-hydrogen) atoms. The van der Waals surface area contributed by atoms with Crippen molar-refractivity contribution in [3.05, 3.63) is 35.9 Å². The fourth-order valence-corrected chi connectivity index (χ4v) is 4.07. The lowest BCUT2D eigenvalue weighted by Crippen LogP contribution is -2.43. The number of benzene rings is 1. The Kier molecular flexibility index (Phi) is 5.58. The normalized spacial score (nSPS) is 17.9. The third kappa shape index (κ3) is 4.27. The van der Waals surface area contributed by atoms with Crippen molar-refractivity contribution in [3.8, 4) is 11.3 Å². The number of rotatable bonds is 4. The quantitative estimate of drug-likeness (QED) is 0.636. The third-order valence-corrected chi connectivity index (χ3v) is 5.68. The summed E-state index contributed by atoms with van der Waals surface area (Å²) in [5.74, 6) is 0.481. The van der Waals surface area contributed by atoms with Crippen molar-refractivity contribution in [2.75, 3.05) is 63.1 Å². The molecular formula is C21H25FN8O. The van der Waals surface area contributed by atoms with Gasteiger partial charge in [-0.05, 0) is 17.7 Å². The highest BCUT2D eigenvalue weighted by Gasteiger charge is 2.21. The number of fused-ring (bicyclic) bond motifs is 1. The topological polar surface area (TPSA) is 105 Å². The predicted molar refractivity (Wildman–Crippen MR) is 116 cm³/mol. The van der Waals surface area contributed by atoms with Gasteiger partial charge in [-0.15, -0.1) is 0 Å². The van der Waals surface area contributed by atoms with Gasteiger partial charge in [0.05, 0.1) is 24.4 Å². The van der Waals surface area contributed by atoms with Crippen molar-refractivity contribution in [2.24, 2.45) is 0 Å². The van der Waals surface area contributed by atoms with Gasteiger partial charge in [0.15, 0.2) is 0 Å². The van der Waals surface area contributed by atoms with E-state index in [0.717, 1.165) is 37.3 Å². The van der Waals surface area contributed by atoms with E-state index in [1.54, 1.807) is 18.5 Å². The maximum Gasteiger partial charge on any atom is 0.226 e. The average molecular weight is 424 g/mol. The van der Waals surface area contributed by atoms with Crippen LogP contribution in [0.2, 0.25) is 0 Å². The molecule has 2 aromatic heterocycles. The number of hydrogen-bond donors (Lipinski definition) is 2. The maximum absolute atomic E-state index is 14.7. The van der Waals surface area contributed by atoms with Crippen LogP contribution in [0.5, 0.6) is 0 Å². The van der Waals surface area contributed by atoms with Crippen molar-refractivity contribution >= 4 is 22.8 Å². The number of hydrogen-bond acceptors (Lipinski definition) is 9. The summed E-state index contributed by atoms with van der Waals surface area (Å²) in [7, 11) is 0. The number of piperazine rings is 1. The van der Waals surface area contributed by atoms with Crippen LogP contribution in [0, 0.1) is 5.82 Å². The lowest BCUT2D eigenvalue weighted by molar-refractivity contribution is 0.122. The number of ether oxygens (including phenoxy) is 1. The predicted octanol–water partition coefficient (Wildman–Crippen LogP) is 1.05. The minimum atomic E-state index is -0.307. The maximum atomic E-state index is 14.7. The summed E-state index contributed by atoms with van der Waals surface area (Å²) in [5, 5.41) is 4.00. The van der Waals surface area contributed by atoms with Crippen LogP contribution < -0.4 is 16.0 Å². The van der Waals surface area contributed by atoms with E-state index in [1.165, 1.54) is 6.07 Å². The molecule has 162 valence electrons. The molecule has 0 bridgehead atoms. The minimum absolute atomic E-state index is 0.182. The molecule has 0 spiro atoms. The Bertz CT molecular complexity index is 1070. The molecule has 2 fully saturated rings. The minimum Gasteiger partial charge on any atom is -0.378 e. The first-order valence-electron chi connectivity index (χ1n) is 10.5. The Morgan fingerprint density at radius 3 is 2.52 bits per heavy atom. The number of nitrogen functional groups attached to an aromatic ring is 1. The van der Waals surface area contributed by atoms with Crippen molar-refractivity contribution in [1.82, 2.24) is 30.2 Å². The van der Waals surface area contributed by atoms with Gasteiger partial charge in [0, 0.05) is 69.2 Å². The molecule has 0 atom stereocenters. The van der Waals surface area contributed by atoms with Crippen LogP contribution >= 0.6 is 0 Å². The molecular weight excluding hydrogens is 399 g/mol. The lowest BCUT2D eigenvalue weighted by Gasteiger charge is -2.29. The van der Waals surface area contributed by atoms with Crippen LogP contribution in [0.1, 0.15) is 5.56 Å². The Morgan fingerprint density at radius 1 is 1.03 bits per heavy atom. The van der Waals surface area contributed by atoms with Crippen LogP contribution in [0.4, 0.5) is 16.3 Å². The van der Waals surface area contributed by atoms with E-state index in [0.29, 0.717) is 55.4 Å². The molecule has 0 unspecified atom stereocenters. The van der Waals surface area contributed by atoms with E-state index in [4.69, 9.17) is 20.4 Å². The van der Waals surface area contributed by atoms with Crippen molar-refractivity contribution in [1.29, 1.82) is 0 Å². The zero-order valence-corrected chi connectivity index (χ0v) is 17.2. The Hall–Kier alpha value is -2.95. The van der Waals surface area contributed by atoms with Crippen molar-refractivity contribution in [3.63, 3.8) is 0 Å². The molecule has 10 heteroatoms. The molecule has 0 aliphatic carbocycles. The first-order chi connectivity index (χ1) is 15.2. The standard InChI is InChI=1S/C21H25FN8O/c22-16-9-14(13-29-3-1-24-2-4-29)18-17(10-16)19(15-11-25-20(23)26-12-15)28-21(27-18)30-5-7-31-8-6-30/h9-12,24H,1-8,13H2,(H2,23,25,26). The highest BCUT2D eigenvalue weighted by molar-refractivity contribution is 5.94. The van der Waals surface area contributed by atoms with Gasteiger partial charge in [0.2, 0.25) is 11.9 Å². The van der Waals surface area contributed by atoms with Gasteiger partial charge >= 0.3 is 0 Å². The smallest absolute Gasteiger partial charge is 0.226 e. The first-order valence-corrected chi connectivity index (χ1v) is 10.5. The number of anilines is 2. The van der Waals surface area contributed by atoms with Crippen LogP contribution in [0.25, 0.3) is 22.2 Å². The van der Waals surface area contributed by atoms with Gasteiger partial charge in [-0.3, -0.25) is 4.90 Å². The van der Waals surface area contributed by atoms with Crippen LogP contribution in [0.3, 0.4) is 0 Å². The lowest BCUT2D eigenvalue weighted by atomic mass is 10.0. The molecule has 2 aliphatic rings. The first kappa shape index (κ1) is 20.0. The van der Waals surface area contributed by atoms with Gasteiger partial charge in [-0.2, -0.15) is 0 Å². The van der Waals surface area contributed by atoms with Crippen LogP contribution in [0.15, 0.2) is 24.5 Å². The number of morpholine rings is 1. The molecule has 5 rings (SSSR count). The number of halogens is 1. The van der Waals surface area contributed by atoms with Gasteiger partial charge in [0.25, 0.3) is 0 Å². The molecule has 0 amide bonds. The van der Waals surface area contributed by atoms with Crippen LogP contribution in [-0.4, -0.2) is 77.3 Å². The highest BCUT2D eigenvalue weighted by Crippen LogP contribution is 2.31. The van der Waals surface area contributed by atoms with Crippen molar-refractivity contribution in [2.45, 2.75) is 6.54 Å². The summed E-state index contributed by atoms with van der Waals surface area (Å²) < 4.78 is 20.2. The van der Waals surface area contributed by atoms with Gasteiger partial charge in [-0.25, -0.2) is 24.3 Å². The summed E-state index contributed by atoms with van der Waals surface area (Å²) in [5.41, 5.74) is 8.55. The second-order valence-corrected chi connectivity index (χ2v) is 7.79. The van der Waals surface area contributed by atoms with E-state index in [9.17, 15) is 4.39 Å². The van der Waals surface area contributed by atoms with E-state index >= 15 is 0 Å². The Labute approximate surface area is 179 Å². The summed E-state index contributed by atoms with van der Waals surface area (Å²) >= 11 is 0. The second kappa shape index (κ2) is 8.66. The zero-order valence-electron chi connectivity index (χ0n) is 17.2. The van der Waals surface area contributed by atoms with E-state index in [1.807, 2.05) is 0 Å². The summed E-state index contributed by atoms with van der Waals surface area (Å²) in [6.07, 6.45) is 3.24. The number of nitrogens with two attached hydrogens (primary N) is 1. The summed E-state index contributed by atoms with van der Waals surface area (Å²) in [4.78, 5) is 22.3. The summed E-state index contributed by atoms with van der Waals surface area (Å²) in [6, 6.07) is 3.08. The monoisotopic (exact) mass is 424 g/mol. The Balaban J connectivity index is 1.66. The molecule has 0 saturated carbocycles. The fourth-order valence-electron chi connectivity index (χ4n) is 4.07. The molecule has 0 radical (unpaired) electrons. The Morgan fingerprint density at radius 2 is 1.77 bits per heavy atom. The van der Waals surface area contributed by atoms with Gasteiger partial charge < -0.3 is 20.7 Å². The van der Waals surface area contributed by atoms with E-state index < -0.39 is 0 Å². The van der Waals surface area contributed by atoms with E-state index in [-0.39, 0.29) is 11.8 Å². The number of aromatic nitrogens is 4. The SMILES string of the molecule is Nc1ncc(-c2nc(N3CCOCC3)nc3c(CN4CCNCC4)cc(F)cc23)cn1. The zero-order chi connectivity index (χ0) is 21.2. The van der Waals surface area contributed by atoms with Gasteiger partial charge in [-0.1, -0.05) is 0 Å². The highest BCUT2D eigenvalue weighted by atomic mass is 19.1. The van der Waals surface area contributed by atoms with Gasteiger partial charge in [0.1, 0.15) is 5.82 Å². The summed E-state index contributed by atoms with van der Waals surface area (Å²) in [6.45, 7) is 6.97. The van der Waals surface area contributed by atoms with Crippen LogP contribution in [-0.2, 0) is 11.3 Å². The molecule has 2 saturated heterocycles. The number of nitrogens with one attached hydrogen (secondary N) is 1. The molecule has 3 N–H and O–H groups in total. The molecule has 4 heterocycles. The average Bonchev–Trinajstić information content (AvgIpc) is 2.80. The largest absolute Gasteiger partial charge is 0.378 e. The van der Waals surface area contributed by atoms with E-state index in [2.05, 4.69) is 25.1 Å². The number of nitrogens with zero attached hydrogens (tertiary/aromatic N) is 6. The fraction of sp³-hybridized carbons (Fsp3) is 0.429.